The van der Waals surface area contributed by atoms with E-state index in [0.717, 1.165) is 4.90 Å². The molecule has 0 aromatic carbocycles. The molecule has 2 aromatic rings. The van der Waals surface area contributed by atoms with E-state index in [-0.39, 0.29) is 5.91 Å². The van der Waals surface area contributed by atoms with Crippen LogP contribution in [0.25, 0.3) is 0 Å². The van der Waals surface area contributed by atoms with Gasteiger partial charge >= 0.3 is 0 Å². The highest BCUT2D eigenvalue weighted by molar-refractivity contribution is 8.00. The van der Waals surface area contributed by atoms with Gasteiger partial charge in [-0.3, -0.25) is 14.8 Å². The third-order valence-electron chi connectivity index (χ3n) is 1.96. The van der Waals surface area contributed by atoms with Gasteiger partial charge in [0.15, 0.2) is 0 Å². The number of amides is 1. The maximum Gasteiger partial charge on any atom is 0.234 e. The van der Waals surface area contributed by atoms with E-state index in [1.807, 2.05) is 18.2 Å². The number of aromatic nitrogens is 2. The van der Waals surface area contributed by atoms with Gasteiger partial charge in [0.25, 0.3) is 0 Å². The summed E-state index contributed by atoms with van der Waals surface area (Å²) in [6.07, 6.45) is 6.71. The Hall–Kier alpha value is -1.88. The number of thioether (sulfide) groups is 1. The highest BCUT2D eigenvalue weighted by Gasteiger charge is 2.03. The molecular weight excluding hydrogens is 234 g/mol. The number of rotatable bonds is 4. The summed E-state index contributed by atoms with van der Waals surface area (Å²) in [6.45, 7) is 0. The third-order valence-corrected chi connectivity index (χ3v) is 2.98. The van der Waals surface area contributed by atoms with Gasteiger partial charge < -0.3 is 5.32 Å². The summed E-state index contributed by atoms with van der Waals surface area (Å²) in [5.41, 5.74) is 0.716. The highest BCUT2D eigenvalue weighted by Crippen LogP contribution is 2.16. The Morgan fingerprint density at radius 1 is 1.18 bits per heavy atom. The number of pyridine rings is 2. The topological polar surface area (TPSA) is 54.9 Å². The Morgan fingerprint density at radius 3 is 2.71 bits per heavy atom. The molecule has 0 radical (unpaired) electrons. The lowest BCUT2D eigenvalue weighted by Gasteiger charge is -2.04. The second-order valence-corrected chi connectivity index (χ2v) is 4.31. The van der Waals surface area contributed by atoms with Crippen molar-refractivity contribution >= 4 is 23.4 Å². The van der Waals surface area contributed by atoms with E-state index >= 15 is 0 Å². The van der Waals surface area contributed by atoms with E-state index in [1.165, 1.54) is 11.8 Å². The zero-order valence-corrected chi connectivity index (χ0v) is 9.85. The minimum absolute atomic E-state index is 0.0418. The second kappa shape index (κ2) is 6.00. The van der Waals surface area contributed by atoms with Gasteiger partial charge in [0, 0.05) is 23.5 Å². The van der Waals surface area contributed by atoms with Gasteiger partial charge in [0.2, 0.25) is 5.91 Å². The molecule has 2 aromatic heterocycles. The van der Waals surface area contributed by atoms with Crippen molar-refractivity contribution in [1.82, 2.24) is 9.97 Å². The van der Waals surface area contributed by atoms with Crippen LogP contribution in [-0.4, -0.2) is 21.6 Å². The minimum Gasteiger partial charge on any atom is -0.324 e. The molecule has 0 saturated carbocycles. The fraction of sp³-hybridized carbons (Fsp3) is 0.0833. The molecule has 1 N–H and O–H groups in total. The summed E-state index contributed by atoms with van der Waals surface area (Å²) >= 11 is 1.48. The Bertz CT molecular complexity index is 476. The average Bonchev–Trinajstić information content (AvgIpc) is 2.39. The molecule has 2 heterocycles. The van der Waals surface area contributed by atoms with E-state index in [0.29, 0.717) is 11.4 Å². The molecule has 0 atom stereocenters. The van der Waals surface area contributed by atoms with Crippen LogP contribution in [0.1, 0.15) is 0 Å². The van der Waals surface area contributed by atoms with Crippen molar-refractivity contribution in [3.05, 3.63) is 49.1 Å². The molecule has 2 rings (SSSR count). The first-order valence-corrected chi connectivity index (χ1v) is 6.06. The molecule has 0 bridgehead atoms. The van der Waals surface area contributed by atoms with Crippen molar-refractivity contribution < 1.29 is 4.79 Å². The molecule has 5 heteroatoms. The van der Waals surface area contributed by atoms with Gasteiger partial charge in [0.05, 0.1) is 17.6 Å². The number of hydrogen-bond acceptors (Lipinski definition) is 4. The summed E-state index contributed by atoms with van der Waals surface area (Å²) in [4.78, 5) is 20.5. The Kier molecular flexibility index (Phi) is 4.10. The van der Waals surface area contributed by atoms with Crippen molar-refractivity contribution in [3.63, 3.8) is 0 Å². The van der Waals surface area contributed by atoms with Gasteiger partial charge in [-0.2, -0.15) is 0 Å². The first kappa shape index (κ1) is 11.6. The molecule has 0 saturated heterocycles. The largest absolute Gasteiger partial charge is 0.324 e. The third kappa shape index (κ3) is 3.88. The Balaban J connectivity index is 1.83. The predicted octanol–water partition coefficient (Wildman–Crippen LogP) is 2.21. The molecular formula is C12H11N3OS. The van der Waals surface area contributed by atoms with Gasteiger partial charge in [-0.25, -0.2) is 0 Å². The lowest BCUT2D eigenvalue weighted by Crippen LogP contribution is -2.13. The number of nitrogens with zero attached hydrogens (tertiary/aromatic N) is 2. The van der Waals surface area contributed by atoms with Gasteiger partial charge in [-0.05, 0) is 24.3 Å². The summed E-state index contributed by atoms with van der Waals surface area (Å²) < 4.78 is 0. The van der Waals surface area contributed by atoms with Gasteiger partial charge in [0.1, 0.15) is 0 Å². The molecule has 1 amide bonds. The highest BCUT2D eigenvalue weighted by atomic mass is 32.2. The standard InChI is InChI=1S/C12H11N3OS/c16-12(15-10-2-1-5-14-8-10)9-17-11-3-6-13-7-4-11/h1-8H,9H2,(H,15,16). The van der Waals surface area contributed by atoms with Crippen LogP contribution < -0.4 is 5.32 Å². The molecule has 0 aliphatic rings. The molecule has 0 fully saturated rings. The molecule has 4 nitrogen and oxygen atoms in total. The maximum atomic E-state index is 11.6. The number of carbonyl (C=O) groups is 1. The van der Waals surface area contributed by atoms with E-state index in [1.54, 1.807) is 30.9 Å². The summed E-state index contributed by atoms with van der Waals surface area (Å²) in [7, 11) is 0. The summed E-state index contributed by atoms with van der Waals surface area (Å²) in [5, 5.41) is 2.77. The number of anilines is 1. The average molecular weight is 245 g/mol. The van der Waals surface area contributed by atoms with Crippen molar-refractivity contribution in [2.45, 2.75) is 4.90 Å². The van der Waals surface area contributed by atoms with E-state index in [2.05, 4.69) is 15.3 Å². The zero-order valence-electron chi connectivity index (χ0n) is 9.04. The van der Waals surface area contributed by atoms with Crippen LogP contribution in [0.3, 0.4) is 0 Å². The first-order chi connectivity index (χ1) is 8.34. The number of nitrogens with one attached hydrogen (secondary N) is 1. The van der Waals surface area contributed by atoms with Gasteiger partial charge in [-0.15, -0.1) is 11.8 Å². The van der Waals surface area contributed by atoms with Crippen molar-refractivity contribution in [3.8, 4) is 0 Å². The molecule has 0 aliphatic heterocycles. The smallest absolute Gasteiger partial charge is 0.234 e. The van der Waals surface area contributed by atoms with E-state index in [9.17, 15) is 4.79 Å². The molecule has 0 spiro atoms. The van der Waals surface area contributed by atoms with Crippen LogP contribution in [0, 0.1) is 0 Å². The van der Waals surface area contributed by atoms with Crippen LogP contribution in [0.2, 0.25) is 0 Å². The Morgan fingerprint density at radius 2 is 2.00 bits per heavy atom. The van der Waals surface area contributed by atoms with Crippen molar-refractivity contribution in [2.24, 2.45) is 0 Å². The zero-order chi connectivity index (χ0) is 11.9. The molecule has 17 heavy (non-hydrogen) atoms. The predicted molar refractivity (Wildman–Crippen MR) is 67.8 cm³/mol. The quantitative estimate of drug-likeness (QED) is 0.839. The summed E-state index contributed by atoms with van der Waals surface area (Å²) in [6, 6.07) is 7.34. The van der Waals surface area contributed by atoms with Crippen molar-refractivity contribution in [1.29, 1.82) is 0 Å². The monoisotopic (exact) mass is 245 g/mol. The maximum absolute atomic E-state index is 11.6. The fourth-order valence-electron chi connectivity index (χ4n) is 1.22. The van der Waals surface area contributed by atoms with Crippen LogP contribution in [0.4, 0.5) is 5.69 Å². The molecule has 0 aliphatic carbocycles. The van der Waals surface area contributed by atoms with Crippen LogP contribution in [0.15, 0.2) is 53.9 Å². The number of hydrogen-bond donors (Lipinski definition) is 1. The molecule has 86 valence electrons. The Labute approximate surface area is 103 Å². The minimum atomic E-state index is -0.0418. The first-order valence-electron chi connectivity index (χ1n) is 5.07. The van der Waals surface area contributed by atoms with Crippen LogP contribution in [0.5, 0.6) is 0 Å². The van der Waals surface area contributed by atoms with E-state index < -0.39 is 0 Å². The second-order valence-electron chi connectivity index (χ2n) is 3.26. The van der Waals surface area contributed by atoms with Crippen LogP contribution in [-0.2, 0) is 4.79 Å². The lowest BCUT2D eigenvalue weighted by atomic mass is 10.4. The SMILES string of the molecule is O=C(CSc1ccncc1)Nc1cccnc1. The van der Waals surface area contributed by atoms with E-state index in [4.69, 9.17) is 0 Å². The number of carbonyl (C=O) groups excluding carboxylic acids is 1. The normalized spacial score (nSPS) is 9.88. The van der Waals surface area contributed by atoms with Crippen LogP contribution >= 0.6 is 11.8 Å². The van der Waals surface area contributed by atoms with Gasteiger partial charge in [-0.1, -0.05) is 0 Å². The summed E-state index contributed by atoms with van der Waals surface area (Å²) in [5.74, 6) is 0.332. The van der Waals surface area contributed by atoms with Crippen molar-refractivity contribution in [2.75, 3.05) is 11.1 Å². The lowest BCUT2D eigenvalue weighted by molar-refractivity contribution is -0.113. The fourth-order valence-corrected chi connectivity index (χ4v) is 1.90. The molecule has 0 unspecified atom stereocenters.